The lowest BCUT2D eigenvalue weighted by Crippen LogP contribution is -2.19. The van der Waals surface area contributed by atoms with E-state index in [2.05, 4.69) is 10.6 Å². The molecule has 4 aromatic rings. The van der Waals surface area contributed by atoms with E-state index in [4.69, 9.17) is 16.3 Å². The van der Waals surface area contributed by atoms with E-state index in [0.29, 0.717) is 27.7 Å². The van der Waals surface area contributed by atoms with Gasteiger partial charge >= 0.3 is 0 Å². The van der Waals surface area contributed by atoms with Crippen molar-refractivity contribution >= 4 is 46.6 Å². The van der Waals surface area contributed by atoms with Crippen molar-refractivity contribution < 1.29 is 14.3 Å². The smallest absolute Gasteiger partial charge is 0.255 e. The Morgan fingerprint density at radius 3 is 2.26 bits per heavy atom. The summed E-state index contributed by atoms with van der Waals surface area (Å²) in [5.74, 6) is 0.188. The van der Waals surface area contributed by atoms with Gasteiger partial charge in [0.2, 0.25) is 5.91 Å². The number of thioether (sulfide) groups is 1. The molecule has 0 bridgehead atoms. The highest BCUT2D eigenvalue weighted by molar-refractivity contribution is 8.00. The molecule has 0 aromatic heterocycles. The first-order chi connectivity index (χ1) is 17.0. The average Bonchev–Trinajstić information content (AvgIpc) is 2.89. The molecule has 35 heavy (non-hydrogen) atoms. The lowest BCUT2D eigenvalue weighted by Gasteiger charge is -2.18. The first-order valence-electron chi connectivity index (χ1n) is 10.9. The van der Waals surface area contributed by atoms with E-state index in [1.54, 1.807) is 43.5 Å². The lowest BCUT2D eigenvalue weighted by molar-refractivity contribution is -0.115. The van der Waals surface area contributed by atoms with Gasteiger partial charge in [-0.3, -0.25) is 9.59 Å². The number of anilines is 2. The summed E-state index contributed by atoms with van der Waals surface area (Å²) in [5.41, 5.74) is 2.62. The van der Waals surface area contributed by atoms with Gasteiger partial charge in [-0.2, -0.15) is 0 Å². The number of carbonyl (C=O) groups excluding carboxylic acids is 2. The van der Waals surface area contributed by atoms with Gasteiger partial charge in [-0.1, -0.05) is 60.1 Å². The van der Waals surface area contributed by atoms with Gasteiger partial charge in [-0.25, -0.2) is 0 Å². The molecule has 0 heterocycles. The van der Waals surface area contributed by atoms with Crippen molar-refractivity contribution in [2.24, 2.45) is 0 Å². The SMILES string of the molecule is COc1ccccc1NC(=O)C(Sc1ccc(NC(=O)c2cccc(Cl)c2)cc1)c1ccccc1. The maximum absolute atomic E-state index is 13.3. The van der Waals surface area contributed by atoms with Crippen molar-refractivity contribution in [2.45, 2.75) is 10.1 Å². The second kappa shape index (κ2) is 11.6. The minimum absolute atomic E-state index is 0.163. The van der Waals surface area contributed by atoms with E-state index in [1.165, 1.54) is 11.8 Å². The Morgan fingerprint density at radius 2 is 1.54 bits per heavy atom. The number of amides is 2. The highest BCUT2D eigenvalue weighted by atomic mass is 35.5. The van der Waals surface area contributed by atoms with E-state index in [1.807, 2.05) is 66.7 Å². The van der Waals surface area contributed by atoms with Gasteiger partial charge in [0.05, 0.1) is 12.8 Å². The van der Waals surface area contributed by atoms with Crippen LogP contribution in [-0.2, 0) is 4.79 Å². The zero-order valence-corrected chi connectivity index (χ0v) is 20.5. The molecule has 2 amide bonds. The van der Waals surface area contributed by atoms with E-state index in [9.17, 15) is 9.59 Å². The fraction of sp³-hybridized carbons (Fsp3) is 0.0714. The summed E-state index contributed by atoms with van der Waals surface area (Å²) in [6.45, 7) is 0. The van der Waals surface area contributed by atoms with Crippen LogP contribution in [0.2, 0.25) is 5.02 Å². The second-order valence-electron chi connectivity index (χ2n) is 7.59. The molecule has 5 nitrogen and oxygen atoms in total. The van der Waals surface area contributed by atoms with E-state index in [-0.39, 0.29) is 11.8 Å². The van der Waals surface area contributed by atoms with Crippen LogP contribution in [0, 0.1) is 0 Å². The number of carbonyl (C=O) groups is 2. The topological polar surface area (TPSA) is 67.4 Å². The normalized spacial score (nSPS) is 11.4. The van der Waals surface area contributed by atoms with Gasteiger partial charge in [0, 0.05) is 21.2 Å². The Kier molecular flexibility index (Phi) is 8.08. The fourth-order valence-corrected chi connectivity index (χ4v) is 4.65. The molecule has 0 saturated heterocycles. The molecule has 0 saturated carbocycles. The van der Waals surface area contributed by atoms with Crippen LogP contribution >= 0.6 is 23.4 Å². The summed E-state index contributed by atoms with van der Waals surface area (Å²) in [6.07, 6.45) is 0. The number of halogens is 1. The number of hydrogen-bond donors (Lipinski definition) is 2. The molecular formula is C28H23ClN2O3S. The summed E-state index contributed by atoms with van der Waals surface area (Å²) in [4.78, 5) is 26.7. The lowest BCUT2D eigenvalue weighted by atomic mass is 10.1. The number of benzene rings is 4. The summed E-state index contributed by atoms with van der Waals surface area (Å²) in [7, 11) is 1.57. The molecule has 7 heteroatoms. The Labute approximate surface area is 213 Å². The number of nitrogens with one attached hydrogen (secondary N) is 2. The summed E-state index contributed by atoms with van der Waals surface area (Å²) < 4.78 is 5.37. The zero-order valence-electron chi connectivity index (χ0n) is 18.9. The Morgan fingerprint density at radius 1 is 0.829 bits per heavy atom. The van der Waals surface area contributed by atoms with Crippen LogP contribution in [-0.4, -0.2) is 18.9 Å². The van der Waals surface area contributed by atoms with Crippen molar-refractivity contribution in [1.82, 2.24) is 0 Å². The molecular weight excluding hydrogens is 480 g/mol. The van der Waals surface area contributed by atoms with Gasteiger partial charge in [0.1, 0.15) is 11.0 Å². The maximum atomic E-state index is 13.3. The fourth-order valence-electron chi connectivity index (χ4n) is 3.43. The highest BCUT2D eigenvalue weighted by Crippen LogP contribution is 2.37. The van der Waals surface area contributed by atoms with E-state index >= 15 is 0 Å². The number of hydrogen-bond acceptors (Lipinski definition) is 4. The predicted octanol–water partition coefficient (Wildman–Crippen LogP) is 7.07. The Hall–Kier alpha value is -3.74. The van der Waals surface area contributed by atoms with Crippen molar-refractivity contribution in [3.8, 4) is 5.75 Å². The molecule has 0 fully saturated rings. The highest BCUT2D eigenvalue weighted by Gasteiger charge is 2.23. The average molecular weight is 503 g/mol. The van der Waals surface area contributed by atoms with Crippen LogP contribution in [0.25, 0.3) is 0 Å². The second-order valence-corrected chi connectivity index (χ2v) is 9.20. The molecule has 1 atom stereocenters. The van der Waals surface area contributed by atoms with E-state index < -0.39 is 5.25 Å². The number of methoxy groups -OCH3 is 1. The first-order valence-corrected chi connectivity index (χ1v) is 12.1. The van der Waals surface area contributed by atoms with Gasteiger partial charge in [-0.15, -0.1) is 11.8 Å². The quantitative estimate of drug-likeness (QED) is 0.253. The predicted molar refractivity (Wildman–Crippen MR) is 143 cm³/mol. The van der Waals surface area contributed by atoms with Gasteiger partial charge < -0.3 is 15.4 Å². The van der Waals surface area contributed by atoms with Crippen LogP contribution in [0.4, 0.5) is 11.4 Å². The number of para-hydroxylation sites is 2. The third-order valence-corrected chi connectivity index (χ3v) is 6.66. The van der Waals surface area contributed by atoms with Crippen LogP contribution in [0.1, 0.15) is 21.2 Å². The molecule has 0 spiro atoms. The van der Waals surface area contributed by atoms with Gasteiger partial charge in [-0.05, 0) is 60.2 Å². The van der Waals surface area contributed by atoms with Crippen LogP contribution < -0.4 is 15.4 Å². The number of rotatable bonds is 8. The number of ether oxygens (including phenoxy) is 1. The Balaban J connectivity index is 1.50. The Bertz CT molecular complexity index is 1310. The van der Waals surface area contributed by atoms with Crippen LogP contribution in [0.15, 0.2) is 108 Å². The van der Waals surface area contributed by atoms with Crippen molar-refractivity contribution in [2.75, 3.05) is 17.7 Å². The zero-order chi connectivity index (χ0) is 24.6. The van der Waals surface area contributed by atoms with Crippen LogP contribution in [0.3, 0.4) is 0 Å². The van der Waals surface area contributed by atoms with Crippen molar-refractivity contribution in [3.63, 3.8) is 0 Å². The first kappa shape index (κ1) is 24.4. The minimum atomic E-state index is -0.493. The van der Waals surface area contributed by atoms with Gasteiger partial charge in [0.15, 0.2) is 0 Å². The molecule has 176 valence electrons. The summed E-state index contributed by atoms with van der Waals surface area (Å²) in [5, 5.41) is 5.86. The van der Waals surface area contributed by atoms with E-state index in [0.717, 1.165) is 10.5 Å². The molecule has 0 radical (unpaired) electrons. The monoisotopic (exact) mass is 502 g/mol. The summed E-state index contributed by atoms with van der Waals surface area (Å²) in [6, 6.07) is 31.1. The molecule has 0 aliphatic heterocycles. The third-order valence-electron chi connectivity index (χ3n) is 5.16. The molecule has 1 unspecified atom stereocenters. The molecule has 4 aromatic carbocycles. The standard InChI is InChI=1S/C28H23ClN2O3S/c1-34-25-13-6-5-12-24(25)31-28(33)26(19-8-3-2-4-9-19)35-23-16-14-22(15-17-23)30-27(32)20-10-7-11-21(29)18-20/h2-18,26H,1H3,(H,30,32)(H,31,33). The third kappa shape index (κ3) is 6.44. The summed E-state index contributed by atoms with van der Waals surface area (Å²) >= 11 is 7.41. The molecule has 2 N–H and O–H groups in total. The maximum Gasteiger partial charge on any atom is 0.255 e. The molecule has 4 rings (SSSR count). The minimum Gasteiger partial charge on any atom is -0.495 e. The molecule has 0 aliphatic rings. The van der Waals surface area contributed by atoms with Crippen LogP contribution in [0.5, 0.6) is 5.75 Å². The largest absolute Gasteiger partial charge is 0.495 e. The molecule has 0 aliphatic carbocycles. The van der Waals surface area contributed by atoms with Crippen molar-refractivity contribution in [1.29, 1.82) is 0 Å². The van der Waals surface area contributed by atoms with Crippen molar-refractivity contribution in [3.05, 3.63) is 119 Å². The van der Waals surface area contributed by atoms with Gasteiger partial charge in [0.25, 0.3) is 5.91 Å².